The molecule has 0 aliphatic carbocycles. The van der Waals surface area contributed by atoms with Gasteiger partial charge in [0.15, 0.2) is 5.82 Å². The van der Waals surface area contributed by atoms with E-state index in [9.17, 15) is 5.11 Å². The molecule has 1 heterocycles. The molecule has 166 valence electrons. The normalized spacial score (nSPS) is 11.0. The summed E-state index contributed by atoms with van der Waals surface area (Å²) in [6.07, 6.45) is 0. The molecule has 3 nitrogen and oxygen atoms in total. The lowest BCUT2D eigenvalue weighted by atomic mass is 9.96. The van der Waals surface area contributed by atoms with Crippen LogP contribution >= 0.6 is 0 Å². The first-order valence-corrected chi connectivity index (χ1v) is 11.6. The Kier molecular flexibility index (Phi) is 5.28. The number of nitrogens with zero attached hydrogens (tertiary/aromatic N) is 2. The third-order valence-electron chi connectivity index (χ3n) is 6.18. The van der Waals surface area contributed by atoms with Gasteiger partial charge in [-0.25, -0.2) is 9.97 Å². The second-order valence-electron chi connectivity index (χ2n) is 8.46. The van der Waals surface area contributed by atoms with Crippen molar-refractivity contribution in [1.29, 1.82) is 0 Å². The molecule has 0 atom stereocenters. The van der Waals surface area contributed by atoms with Gasteiger partial charge in [0.25, 0.3) is 0 Å². The van der Waals surface area contributed by atoms with Crippen molar-refractivity contribution >= 4 is 10.8 Å². The van der Waals surface area contributed by atoms with E-state index >= 15 is 0 Å². The average Bonchev–Trinajstić information content (AvgIpc) is 2.94. The van der Waals surface area contributed by atoms with Gasteiger partial charge in [-0.15, -0.1) is 0 Å². The molecule has 0 radical (unpaired) electrons. The highest BCUT2D eigenvalue weighted by Gasteiger charge is 2.14. The molecule has 0 saturated carbocycles. The van der Waals surface area contributed by atoms with Crippen molar-refractivity contribution in [3.05, 3.63) is 127 Å². The van der Waals surface area contributed by atoms with E-state index in [1.165, 1.54) is 0 Å². The SMILES string of the molecule is Oc1ccc2ccccc2c1-c1cccc(-c2nc(-c3ccccc3)cc(-c3ccccc3)n2)c1. The molecule has 1 N–H and O–H groups in total. The second kappa shape index (κ2) is 8.88. The van der Waals surface area contributed by atoms with Gasteiger partial charge in [-0.3, -0.25) is 0 Å². The molecule has 0 saturated heterocycles. The quantitative estimate of drug-likeness (QED) is 0.296. The molecule has 6 rings (SSSR count). The van der Waals surface area contributed by atoms with Gasteiger partial charge in [-0.1, -0.05) is 109 Å². The van der Waals surface area contributed by atoms with Crippen LogP contribution in [0.4, 0.5) is 0 Å². The maximum atomic E-state index is 10.8. The van der Waals surface area contributed by atoms with Gasteiger partial charge in [0.1, 0.15) is 5.75 Å². The fourth-order valence-electron chi connectivity index (χ4n) is 4.47. The van der Waals surface area contributed by atoms with Crippen molar-refractivity contribution in [2.24, 2.45) is 0 Å². The Balaban J connectivity index is 1.54. The van der Waals surface area contributed by atoms with Crippen LogP contribution in [-0.4, -0.2) is 15.1 Å². The Morgan fingerprint density at radius 2 is 1.03 bits per heavy atom. The van der Waals surface area contributed by atoms with E-state index in [1.54, 1.807) is 6.07 Å². The number of phenolic OH excluding ortho intramolecular Hbond substituents is 1. The van der Waals surface area contributed by atoms with E-state index in [0.29, 0.717) is 5.82 Å². The molecule has 0 unspecified atom stereocenters. The van der Waals surface area contributed by atoms with Crippen molar-refractivity contribution in [2.75, 3.05) is 0 Å². The van der Waals surface area contributed by atoms with Crippen LogP contribution in [0.3, 0.4) is 0 Å². The molecule has 0 bridgehead atoms. The first kappa shape index (κ1) is 20.8. The molecule has 0 spiro atoms. The standard InChI is InChI=1S/C32H22N2O/c35-30-19-18-22-10-7-8-17-27(22)31(30)25-15-9-16-26(20-25)32-33-28(23-11-3-1-4-12-23)21-29(34-32)24-13-5-2-6-14-24/h1-21,35H. The zero-order valence-corrected chi connectivity index (χ0v) is 19.0. The third kappa shape index (κ3) is 4.04. The molecule has 0 amide bonds. The lowest BCUT2D eigenvalue weighted by Crippen LogP contribution is -1.96. The minimum atomic E-state index is 0.254. The zero-order chi connectivity index (χ0) is 23.6. The molecule has 0 aliphatic heterocycles. The van der Waals surface area contributed by atoms with Crippen molar-refractivity contribution in [3.63, 3.8) is 0 Å². The van der Waals surface area contributed by atoms with E-state index < -0.39 is 0 Å². The van der Waals surface area contributed by atoms with Crippen LogP contribution in [0.15, 0.2) is 127 Å². The molecule has 5 aromatic carbocycles. The van der Waals surface area contributed by atoms with Crippen LogP contribution in [0, 0.1) is 0 Å². The topological polar surface area (TPSA) is 46.0 Å². The van der Waals surface area contributed by atoms with E-state index in [-0.39, 0.29) is 5.75 Å². The number of fused-ring (bicyclic) bond motifs is 1. The Hall–Kier alpha value is -4.76. The molecular formula is C32H22N2O. The number of aromatic hydroxyl groups is 1. The Bertz CT molecular complexity index is 1590. The minimum Gasteiger partial charge on any atom is -0.507 e. The van der Waals surface area contributed by atoms with Gasteiger partial charge in [0.2, 0.25) is 0 Å². The van der Waals surface area contributed by atoms with Gasteiger partial charge < -0.3 is 5.11 Å². The van der Waals surface area contributed by atoms with Gasteiger partial charge in [-0.2, -0.15) is 0 Å². The van der Waals surface area contributed by atoms with Crippen molar-refractivity contribution in [1.82, 2.24) is 9.97 Å². The zero-order valence-electron chi connectivity index (χ0n) is 19.0. The first-order valence-electron chi connectivity index (χ1n) is 11.6. The summed E-state index contributed by atoms with van der Waals surface area (Å²) in [5, 5.41) is 12.9. The van der Waals surface area contributed by atoms with Gasteiger partial charge in [0.05, 0.1) is 11.4 Å². The molecule has 6 aromatic rings. The molecular weight excluding hydrogens is 428 g/mol. The Labute approximate surface area is 204 Å². The highest BCUT2D eigenvalue weighted by molar-refractivity contribution is 6.00. The summed E-state index contributed by atoms with van der Waals surface area (Å²) in [7, 11) is 0. The number of phenols is 1. The monoisotopic (exact) mass is 450 g/mol. The highest BCUT2D eigenvalue weighted by atomic mass is 16.3. The summed E-state index contributed by atoms with van der Waals surface area (Å²) in [5.74, 6) is 0.900. The molecule has 0 aliphatic rings. The van der Waals surface area contributed by atoms with Crippen molar-refractivity contribution < 1.29 is 5.11 Å². The van der Waals surface area contributed by atoms with Crippen molar-refractivity contribution in [2.45, 2.75) is 0 Å². The smallest absolute Gasteiger partial charge is 0.160 e. The predicted molar refractivity (Wildman–Crippen MR) is 143 cm³/mol. The molecule has 0 fully saturated rings. The van der Waals surface area contributed by atoms with E-state index in [0.717, 1.165) is 50.0 Å². The number of benzene rings is 5. The summed E-state index contributed by atoms with van der Waals surface area (Å²) < 4.78 is 0. The van der Waals surface area contributed by atoms with Crippen molar-refractivity contribution in [3.8, 4) is 50.8 Å². The lowest BCUT2D eigenvalue weighted by molar-refractivity contribution is 0.478. The van der Waals surface area contributed by atoms with Crippen LogP contribution in [-0.2, 0) is 0 Å². The third-order valence-corrected chi connectivity index (χ3v) is 6.18. The Morgan fingerprint density at radius 3 is 1.71 bits per heavy atom. The average molecular weight is 451 g/mol. The van der Waals surface area contributed by atoms with E-state index in [2.05, 4.69) is 36.4 Å². The highest BCUT2D eigenvalue weighted by Crippen LogP contribution is 2.38. The van der Waals surface area contributed by atoms with Crippen LogP contribution in [0.2, 0.25) is 0 Å². The number of aromatic nitrogens is 2. The van der Waals surface area contributed by atoms with Crippen LogP contribution in [0.5, 0.6) is 5.75 Å². The second-order valence-corrected chi connectivity index (χ2v) is 8.46. The van der Waals surface area contributed by atoms with Crippen LogP contribution in [0.25, 0.3) is 55.8 Å². The molecule has 35 heavy (non-hydrogen) atoms. The lowest BCUT2D eigenvalue weighted by Gasteiger charge is -2.12. The van der Waals surface area contributed by atoms with Gasteiger partial charge >= 0.3 is 0 Å². The maximum Gasteiger partial charge on any atom is 0.160 e. The summed E-state index contributed by atoms with van der Waals surface area (Å²) >= 11 is 0. The number of rotatable bonds is 4. The van der Waals surface area contributed by atoms with E-state index in [1.807, 2.05) is 84.9 Å². The Morgan fingerprint density at radius 1 is 0.457 bits per heavy atom. The summed E-state index contributed by atoms with van der Waals surface area (Å²) in [6.45, 7) is 0. The van der Waals surface area contributed by atoms with E-state index in [4.69, 9.17) is 9.97 Å². The fraction of sp³-hybridized carbons (Fsp3) is 0. The van der Waals surface area contributed by atoms with Gasteiger partial charge in [0, 0.05) is 22.3 Å². The summed E-state index contributed by atoms with van der Waals surface area (Å²) in [4.78, 5) is 9.89. The summed E-state index contributed by atoms with van der Waals surface area (Å²) in [5.41, 5.74) is 6.44. The number of hydrogen-bond acceptors (Lipinski definition) is 3. The first-order chi connectivity index (χ1) is 17.3. The summed E-state index contributed by atoms with van der Waals surface area (Å²) in [6, 6.07) is 42.2. The molecule has 1 aromatic heterocycles. The van der Waals surface area contributed by atoms with Gasteiger partial charge in [-0.05, 0) is 34.5 Å². The predicted octanol–water partition coefficient (Wildman–Crippen LogP) is 8.00. The number of hydrogen-bond donors (Lipinski definition) is 1. The fourth-order valence-corrected chi connectivity index (χ4v) is 4.47. The van der Waals surface area contributed by atoms with Crippen LogP contribution in [0.1, 0.15) is 0 Å². The molecule has 3 heteroatoms. The largest absolute Gasteiger partial charge is 0.507 e. The maximum absolute atomic E-state index is 10.8. The van der Waals surface area contributed by atoms with Crippen LogP contribution < -0.4 is 0 Å². The minimum absolute atomic E-state index is 0.254.